The second kappa shape index (κ2) is 7.85. The number of halogens is 2. The number of carbonyl (C=O) groups is 1. The summed E-state index contributed by atoms with van der Waals surface area (Å²) >= 11 is 11.7. The maximum absolute atomic E-state index is 12.0. The third-order valence-corrected chi connectivity index (χ3v) is 3.73. The number of hydrogen-bond donors (Lipinski definition) is 1. The fourth-order valence-electron chi connectivity index (χ4n) is 1.79. The molecule has 0 saturated carbocycles. The maximum atomic E-state index is 12.0. The molecule has 1 amide bonds. The van der Waals surface area contributed by atoms with Gasteiger partial charge in [-0.15, -0.1) is 0 Å². The van der Waals surface area contributed by atoms with Crippen LogP contribution in [0.25, 0.3) is 0 Å². The summed E-state index contributed by atoms with van der Waals surface area (Å²) in [5.74, 6) is 0.850. The molecule has 0 unspecified atom stereocenters. The molecule has 7 heteroatoms. The largest absolute Gasteiger partial charge is 0.497 e. The lowest BCUT2D eigenvalue weighted by atomic mass is 10.2. The summed E-state index contributed by atoms with van der Waals surface area (Å²) in [6, 6.07) is 9.85. The normalized spacial score (nSPS) is 10.6. The second-order valence-electron chi connectivity index (χ2n) is 4.44. The molecule has 0 aromatic heterocycles. The first kappa shape index (κ1) is 17.1. The third-order valence-electron chi connectivity index (χ3n) is 2.99. The lowest BCUT2D eigenvalue weighted by molar-refractivity contribution is 0.0955. The number of ether oxygens (including phenoxy) is 2. The van der Waals surface area contributed by atoms with Crippen LogP contribution >= 0.6 is 23.2 Å². The summed E-state index contributed by atoms with van der Waals surface area (Å²) in [5, 5.41) is 4.60. The number of benzene rings is 2. The first-order valence-electron chi connectivity index (χ1n) is 6.55. The standard InChI is InChI=1S/C16H14Cl2N2O3/c1-22-12-5-3-11(15(8-12)23-2)9-19-20-16(21)10-4-6-13(17)14(18)7-10/h3-9H,1-2H3,(H,20,21)/b19-9-. The Kier molecular flexibility index (Phi) is 5.84. The number of hydrogen-bond acceptors (Lipinski definition) is 4. The van der Waals surface area contributed by atoms with Crippen LogP contribution in [-0.4, -0.2) is 26.3 Å². The summed E-state index contributed by atoms with van der Waals surface area (Å²) < 4.78 is 10.4. The second-order valence-corrected chi connectivity index (χ2v) is 5.25. The fourth-order valence-corrected chi connectivity index (χ4v) is 2.09. The van der Waals surface area contributed by atoms with E-state index in [0.717, 1.165) is 0 Å². The third kappa shape index (κ3) is 4.37. The first-order chi connectivity index (χ1) is 11.0. The molecule has 0 saturated heterocycles. The SMILES string of the molecule is COc1ccc(/C=N\NC(=O)c2ccc(Cl)c(Cl)c2)c(OC)c1. The average molecular weight is 353 g/mol. The number of amides is 1. The number of nitrogens with one attached hydrogen (secondary N) is 1. The highest BCUT2D eigenvalue weighted by Crippen LogP contribution is 2.23. The smallest absolute Gasteiger partial charge is 0.271 e. The van der Waals surface area contributed by atoms with E-state index in [1.165, 1.54) is 12.3 Å². The molecule has 1 N–H and O–H groups in total. The molecule has 0 heterocycles. The van der Waals surface area contributed by atoms with E-state index in [0.29, 0.717) is 32.7 Å². The molecule has 2 aromatic rings. The van der Waals surface area contributed by atoms with Gasteiger partial charge in [-0.2, -0.15) is 5.10 Å². The highest BCUT2D eigenvalue weighted by Gasteiger charge is 2.07. The molecule has 0 aliphatic rings. The number of hydrazone groups is 1. The monoisotopic (exact) mass is 352 g/mol. The molecule has 0 bridgehead atoms. The van der Waals surface area contributed by atoms with Crippen molar-refractivity contribution < 1.29 is 14.3 Å². The van der Waals surface area contributed by atoms with Crippen LogP contribution in [0.2, 0.25) is 10.0 Å². The Hall–Kier alpha value is -2.24. The van der Waals surface area contributed by atoms with Gasteiger partial charge in [0.2, 0.25) is 0 Å². The minimum Gasteiger partial charge on any atom is -0.497 e. The van der Waals surface area contributed by atoms with Crippen LogP contribution in [-0.2, 0) is 0 Å². The van der Waals surface area contributed by atoms with Gasteiger partial charge >= 0.3 is 0 Å². The van der Waals surface area contributed by atoms with Crippen molar-refractivity contribution in [2.45, 2.75) is 0 Å². The Balaban J connectivity index is 2.09. The predicted molar refractivity (Wildman–Crippen MR) is 91.1 cm³/mol. The van der Waals surface area contributed by atoms with Crippen LogP contribution in [0.15, 0.2) is 41.5 Å². The van der Waals surface area contributed by atoms with Crippen molar-refractivity contribution in [3.8, 4) is 11.5 Å². The first-order valence-corrected chi connectivity index (χ1v) is 7.31. The maximum Gasteiger partial charge on any atom is 0.271 e. The summed E-state index contributed by atoms with van der Waals surface area (Å²) in [6.45, 7) is 0. The van der Waals surface area contributed by atoms with Crippen LogP contribution in [0.5, 0.6) is 11.5 Å². The predicted octanol–water partition coefficient (Wildman–Crippen LogP) is 3.77. The molecule has 5 nitrogen and oxygen atoms in total. The number of carbonyl (C=O) groups excluding carboxylic acids is 1. The molecule has 23 heavy (non-hydrogen) atoms. The molecule has 2 aromatic carbocycles. The Morgan fingerprint density at radius 3 is 2.52 bits per heavy atom. The summed E-state index contributed by atoms with van der Waals surface area (Å²) in [4.78, 5) is 12.0. The molecule has 2 rings (SSSR count). The van der Waals surface area contributed by atoms with Crippen LogP contribution in [0, 0.1) is 0 Å². The molecule has 0 spiro atoms. The van der Waals surface area contributed by atoms with Crippen molar-refractivity contribution in [1.82, 2.24) is 5.43 Å². The Morgan fingerprint density at radius 1 is 1.09 bits per heavy atom. The van der Waals surface area contributed by atoms with Gasteiger partial charge in [0.1, 0.15) is 11.5 Å². The van der Waals surface area contributed by atoms with Gasteiger partial charge in [0.25, 0.3) is 5.91 Å². The van der Waals surface area contributed by atoms with E-state index in [4.69, 9.17) is 32.7 Å². The number of nitrogens with zero attached hydrogens (tertiary/aromatic N) is 1. The molecule has 0 aliphatic carbocycles. The fraction of sp³-hybridized carbons (Fsp3) is 0.125. The van der Waals surface area contributed by atoms with Gasteiger partial charge < -0.3 is 9.47 Å². The zero-order valence-corrected chi connectivity index (χ0v) is 14.0. The van der Waals surface area contributed by atoms with Crippen LogP contribution in [0.4, 0.5) is 0 Å². The lowest BCUT2D eigenvalue weighted by Crippen LogP contribution is -2.17. The van der Waals surface area contributed by atoms with Crippen molar-refractivity contribution >= 4 is 35.3 Å². The molecular formula is C16H14Cl2N2O3. The van der Waals surface area contributed by atoms with Gasteiger partial charge in [-0.05, 0) is 30.3 Å². The van der Waals surface area contributed by atoms with Gasteiger partial charge in [-0.25, -0.2) is 5.43 Å². The molecule has 0 atom stereocenters. The van der Waals surface area contributed by atoms with Crippen LogP contribution in [0.1, 0.15) is 15.9 Å². The molecule has 120 valence electrons. The van der Waals surface area contributed by atoms with E-state index in [9.17, 15) is 4.79 Å². The van der Waals surface area contributed by atoms with Crippen molar-refractivity contribution in [2.24, 2.45) is 5.10 Å². The van der Waals surface area contributed by atoms with Gasteiger partial charge in [-0.1, -0.05) is 23.2 Å². The minimum absolute atomic E-state index is 0.306. The van der Waals surface area contributed by atoms with Gasteiger partial charge in [-0.3, -0.25) is 4.79 Å². The van der Waals surface area contributed by atoms with Crippen molar-refractivity contribution in [1.29, 1.82) is 0 Å². The summed E-state index contributed by atoms with van der Waals surface area (Å²) in [7, 11) is 3.11. The van der Waals surface area contributed by atoms with Crippen molar-refractivity contribution in [3.05, 3.63) is 57.6 Å². The van der Waals surface area contributed by atoms with Crippen LogP contribution < -0.4 is 14.9 Å². The average Bonchev–Trinajstić information content (AvgIpc) is 2.57. The molecule has 0 radical (unpaired) electrons. The van der Waals surface area contributed by atoms with Gasteiger partial charge in [0.05, 0.1) is 30.5 Å². The Bertz CT molecular complexity index is 748. The molecule has 0 fully saturated rings. The quantitative estimate of drug-likeness (QED) is 0.658. The van der Waals surface area contributed by atoms with E-state index >= 15 is 0 Å². The minimum atomic E-state index is -0.396. The van der Waals surface area contributed by atoms with E-state index in [1.54, 1.807) is 44.6 Å². The van der Waals surface area contributed by atoms with Gasteiger partial charge in [0, 0.05) is 17.2 Å². The topological polar surface area (TPSA) is 59.9 Å². The van der Waals surface area contributed by atoms with Crippen molar-refractivity contribution in [3.63, 3.8) is 0 Å². The van der Waals surface area contributed by atoms with Crippen molar-refractivity contribution in [2.75, 3.05) is 14.2 Å². The van der Waals surface area contributed by atoms with E-state index < -0.39 is 5.91 Å². The number of rotatable bonds is 5. The Labute approximate surface area is 143 Å². The summed E-state index contributed by atoms with van der Waals surface area (Å²) in [6.07, 6.45) is 1.48. The van der Waals surface area contributed by atoms with E-state index in [-0.39, 0.29) is 0 Å². The van der Waals surface area contributed by atoms with E-state index in [2.05, 4.69) is 10.5 Å². The zero-order chi connectivity index (χ0) is 16.8. The molecular weight excluding hydrogens is 339 g/mol. The summed E-state index contributed by atoms with van der Waals surface area (Å²) in [5.41, 5.74) is 3.47. The molecule has 0 aliphatic heterocycles. The van der Waals surface area contributed by atoms with E-state index in [1.807, 2.05) is 0 Å². The highest BCUT2D eigenvalue weighted by atomic mass is 35.5. The zero-order valence-electron chi connectivity index (χ0n) is 12.5. The Morgan fingerprint density at radius 2 is 1.87 bits per heavy atom. The number of methoxy groups -OCH3 is 2. The van der Waals surface area contributed by atoms with Gasteiger partial charge in [0.15, 0.2) is 0 Å². The highest BCUT2D eigenvalue weighted by molar-refractivity contribution is 6.42. The van der Waals surface area contributed by atoms with Crippen LogP contribution in [0.3, 0.4) is 0 Å². The lowest BCUT2D eigenvalue weighted by Gasteiger charge is -2.07.